The fourth-order valence-electron chi connectivity index (χ4n) is 4.76. The molecule has 1 fully saturated rings. The van der Waals surface area contributed by atoms with Gasteiger partial charge in [-0.2, -0.15) is 0 Å². The van der Waals surface area contributed by atoms with Crippen molar-refractivity contribution in [1.82, 2.24) is 5.16 Å². The Balaban J connectivity index is 1.44. The molecule has 5 rings (SSSR count). The lowest BCUT2D eigenvalue weighted by molar-refractivity contribution is -0.120. The summed E-state index contributed by atoms with van der Waals surface area (Å²) in [5.41, 5.74) is 5.72. The number of halogens is 1. The number of anilines is 3. The van der Waals surface area contributed by atoms with E-state index in [4.69, 9.17) is 20.9 Å². The van der Waals surface area contributed by atoms with Crippen LogP contribution in [0, 0.1) is 13.8 Å². The van der Waals surface area contributed by atoms with Gasteiger partial charge in [0, 0.05) is 17.7 Å². The molecule has 166 valence electrons. The molecular formula is C24H25ClN4O3. The van der Waals surface area contributed by atoms with E-state index < -0.39 is 0 Å². The summed E-state index contributed by atoms with van der Waals surface area (Å²) in [6, 6.07) is 11.7. The minimum absolute atomic E-state index is 0.0596. The number of piperidine rings is 1. The molecule has 1 aromatic heterocycles. The summed E-state index contributed by atoms with van der Waals surface area (Å²) in [5.74, 6) is 1.48. The zero-order chi connectivity index (χ0) is 22.4. The van der Waals surface area contributed by atoms with Crippen LogP contribution in [0.25, 0.3) is 11.1 Å². The molecule has 32 heavy (non-hydrogen) atoms. The van der Waals surface area contributed by atoms with Gasteiger partial charge >= 0.3 is 0 Å². The lowest BCUT2D eigenvalue weighted by Crippen LogP contribution is -2.53. The molecule has 2 aliphatic rings. The highest BCUT2D eigenvalue weighted by Gasteiger charge is 2.38. The average Bonchev–Trinajstić information content (AvgIpc) is 3.35. The van der Waals surface area contributed by atoms with Crippen LogP contribution in [0.3, 0.4) is 0 Å². The van der Waals surface area contributed by atoms with Crippen molar-refractivity contribution >= 4 is 34.6 Å². The van der Waals surface area contributed by atoms with Crippen LogP contribution in [-0.2, 0) is 4.79 Å². The lowest BCUT2D eigenvalue weighted by atomic mass is 9.98. The summed E-state index contributed by atoms with van der Waals surface area (Å²) in [4.78, 5) is 14.8. The standard InChI is InChI=1S/C24H25ClN4O3/c1-13-23(14(2)32-28-13)15-7-9-18-19(11-15)27-24(26-18)20-5-4-6-22(30)29(20)16-8-10-21(31-3)17(25)12-16/h7-12,20,24,26-27H,4-6H2,1-3H3/t20?,24-/m0/s1. The third kappa shape index (κ3) is 3.46. The molecule has 2 aliphatic heterocycles. The van der Waals surface area contributed by atoms with Crippen molar-refractivity contribution in [3.63, 3.8) is 0 Å². The Hall–Kier alpha value is -3.19. The molecule has 0 aliphatic carbocycles. The molecule has 2 aromatic carbocycles. The van der Waals surface area contributed by atoms with Gasteiger partial charge in [-0.25, -0.2) is 0 Å². The van der Waals surface area contributed by atoms with Gasteiger partial charge in [-0.3, -0.25) is 4.79 Å². The number of methoxy groups -OCH3 is 1. The van der Waals surface area contributed by atoms with Crippen molar-refractivity contribution in [2.75, 3.05) is 22.6 Å². The van der Waals surface area contributed by atoms with Crippen LogP contribution in [0.4, 0.5) is 17.1 Å². The number of benzene rings is 2. The average molecular weight is 453 g/mol. The first-order chi connectivity index (χ1) is 15.5. The number of hydrogen-bond donors (Lipinski definition) is 2. The topological polar surface area (TPSA) is 79.6 Å². The third-order valence-electron chi connectivity index (χ3n) is 6.25. The van der Waals surface area contributed by atoms with Crippen molar-refractivity contribution in [2.45, 2.75) is 45.3 Å². The molecule has 0 radical (unpaired) electrons. The van der Waals surface area contributed by atoms with Crippen LogP contribution >= 0.6 is 11.6 Å². The number of rotatable bonds is 4. The van der Waals surface area contributed by atoms with Crippen molar-refractivity contribution in [2.24, 2.45) is 0 Å². The number of aryl methyl sites for hydroxylation is 2. The Labute approximate surface area is 191 Å². The quantitative estimate of drug-likeness (QED) is 0.554. The Morgan fingerprint density at radius 2 is 1.97 bits per heavy atom. The van der Waals surface area contributed by atoms with E-state index in [2.05, 4.69) is 34.0 Å². The maximum Gasteiger partial charge on any atom is 0.227 e. The van der Waals surface area contributed by atoms with E-state index in [9.17, 15) is 4.79 Å². The summed E-state index contributed by atoms with van der Waals surface area (Å²) in [7, 11) is 1.58. The fourth-order valence-corrected chi connectivity index (χ4v) is 5.01. The molecule has 2 atom stereocenters. The zero-order valence-corrected chi connectivity index (χ0v) is 19.0. The van der Waals surface area contributed by atoms with Crippen molar-refractivity contribution in [1.29, 1.82) is 0 Å². The fraction of sp³-hybridized carbons (Fsp3) is 0.333. The van der Waals surface area contributed by atoms with Crippen LogP contribution in [-0.4, -0.2) is 30.4 Å². The van der Waals surface area contributed by atoms with Gasteiger partial charge in [0.15, 0.2) is 0 Å². The number of ether oxygens (including phenoxy) is 1. The van der Waals surface area contributed by atoms with Crippen LogP contribution in [0.2, 0.25) is 5.02 Å². The van der Waals surface area contributed by atoms with Crippen LogP contribution in [0.1, 0.15) is 30.7 Å². The largest absolute Gasteiger partial charge is 0.495 e. The first-order valence-electron chi connectivity index (χ1n) is 10.7. The van der Waals surface area contributed by atoms with Gasteiger partial charge in [0.25, 0.3) is 0 Å². The molecule has 1 saturated heterocycles. The molecule has 3 heterocycles. The van der Waals surface area contributed by atoms with E-state index in [1.165, 1.54) is 0 Å². The van der Waals surface area contributed by atoms with Crippen molar-refractivity contribution < 1.29 is 14.1 Å². The summed E-state index contributed by atoms with van der Waals surface area (Å²) < 4.78 is 10.6. The number of nitrogens with one attached hydrogen (secondary N) is 2. The maximum absolute atomic E-state index is 13.0. The van der Waals surface area contributed by atoms with E-state index in [1.807, 2.05) is 24.8 Å². The summed E-state index contributed by atoms with van der Waals surface area (Å²) >= 11 is 6.36. The monoisotopic (exact) mass is 452 g/mol. The molecule has 7 nitrogen and oxygen atoms in total. The van der Waals surface area contributed by atoms with Gasteiger partial charge in [0.05, 0.1) is 35.2 Å². The van der Waals surface area contributed by atoms with Gasteiger partial charge < -0.3 is 24.8 Å². The highest BCUT2D eigenvalue weighted by Crippen LogP contribution is 2.39. The minimum atomic E-state index is -0.116. The highest BCUT2D eigenvalue weighted by atomic mass is 35.5. The maximum atomic E-state index is 13.0. The van der Waals surface area contributed by atoms with E-state index in [1.54, 1.807) is 19.2 Å². The normalized spacial score (nSPS) is 20.0. The Kier molecular flexibility index (Phi) is 5.21. The number of fused-ring (bicyclic) bond motifs is 1. The number of aromatic nitrogens is 1. The third-order valence-corrected chi connectivity index (χ3v) is 6.55. The van der Waals surface area contributed by atoms with E-state index in [-0.39, 0.29) is 18.1 Å². The van der Waals surface area contributed by atoms with Gasteiger partial charge in [-0.05, 0) is 62.6 Å². The Bertz CT molecular complexity index is 1170. The van der Waals surface area contributed by atoms with Crippen LogP contribution < -0.4 is 20.3 Å². The molecule has 1 unspecified atom stereocenters. The second-order valence-electron chi connectivity index (χ2n) is 8.27. The number of amides is 1. The van der Waals surface area contributed by atoms with Gasteiger partial charge in [-0.15, -0.1) is 0 Å². The Morgan fingerprint density at radius 3 is 2.69 bits per heavy atom. The minimum Gasteiger partial charge on any atom is -0.495 e. The predicted molar refractivity (Wildman–Crippen MR) is 126 cm³/mol. The smallest absolute Gasteiger partial charge is 0.227 e. The predicted octanol–water partition coefficient (Wildman–Crippen LogP) is 5.37. The molecular weight excluding hydrogens is 428 g/mol. The molecule has 0 bridgehead atoms. The number of carbonyl (C=O) groups is 1. The number of carbonyl (C=O) groups excluding carboxylic acids is 1. The number of hydrogen-bond acceptors (Lipinski definition) is 6. The van der Waals surface area contributed by atoms with E-state index in [0.717, 1.165) is 52.5 Å². The highest BCUT2D eigenvalue weighted by molar-refractivity contribution is 6.32. The second kappa shape index (κ2) is 8.06. The zero-order valence-electron chi connectivity index (χ0n) is 18.2. The molecule has 1 amide bonds. The lowest BCUT2D eigenvalue weighted by Gasteiger charge is -2.39. The van der Waals surface area contributed by atoms with E-state index in [0.29, 0.717) is 17.2 Å². The molecule has 0 saturated carbocycles. The SMILES string of the molecule is COc1ccc(N2C(=O)CCCC2[C@H]2Nc3ccc(-c4c(C)noc4C)cc3N2)cc1Cl. The summed E-state index contributed by atoms with van der Waals surface area (Å²) in [5, 5.41) is 11.7. The van der Waals surface area contributed by atoms with Gasteiger partial charge in [-0.1, -0.05) is 22.8 Å². The Morgan fingerprint density at radius 1 is 1.16 bits per heavy atom. The number of nitrogens with zero attached hydrogens (tertiary/aromatic N) is 2. The molecule has 0 spiro atoms. The first kappa shape index (κ1) is 20.7. The summed E-state index contributed by atoms with van der Waals surface area (Å²) in [6.07, 6.45) is 2.14. The summed E-state index contributed by atoms with van der Waals surface area (Å²) in [6.45, 7) is 3.86. The van der Waals surface area contributed by atoms with Gasteiger partial charge in [0.1, 0.15) is 17.7 Å². The second-order valence-corrected chi connectivity index (χ2v) is 8.68. The molecule has 8 heteroatoms. The van der Waals surface area contributed by atoms with E-state index >= 15 is 0 Å². The van der Waals surface area contributed by atoms with Crippen LogP contribution in [0.5, 0.6) is 5.75 Å². The van der Waals surface area contributed by atoms with Crippen molar-refractivity contribution in [3.05, 3.63) is 52.9 Å². The van der Waals surface area contributed by atoms with Crippen LogP contribution in [0.15, 0.2) is 40.9 Å². The molecule has 3 aromatic rings. The molecule has 2 N–H and O–H groups in total. The van der Waals surface area contributed by atoms with Crippen molar-refractivity contribution in [3.8, 4) is 16.9 Å². The van der Waals surface area contributed by atoms with Gasteiger partial charge in [0.2, 0.25) is 5.91 Å². The first-order valence-corrected chi connectivity index (χ1v) is 11.1.